The van der Waals surface area contributed by atoms with Crippen molar-refractivity contribution < 1.29 is 0 Å². The summed E-state index contributed by atoms with van der Waals surface area (Å²) in [5.41, 5.74) is 19.9. The van der Waals surface area contributed by atoms with E-state index in [1.165, 1.54) is 111 Å². The van der Waals surface area contributed by atoms with E-state index >= 15 is 0 Å². The van der Waals surface area contributed by atoms with Gasteiger partial charge in [-0.25, -0.2) is 0 Å². The summed E-state index contributed by atoms with van der Waals surface area (Å²) in [5.74, 6) is 0. The van der Waals surface area contributed by atoms with Crippen LogP contribution >= 0.6 is 0 Å². The molecule has 4 atom stereocenters. The molecular weight excluding hydrogens is 831 g/mol. The lowest BCUT2D eigenvalue weighted by Gasteiger charge is -2.63. The van der Waals surface area contributed by atoms with Crippen molar-refractivity contribution in [2.24, 2.45) is 5.41 Å². The molecule has 69 heavy (non-hydrogen) atoms. The van der Waals surface area contributed by atoms with Crippen LogP contribution in [0.2, 0.25) is 0 Å². The Kier molecular flexibility index (Phi) is 8.32. The number of fused-ring (bicyclic) bond motifs is 12. The van der Waals surface area contributed by atoms with Gasteiger partial charge in [0.2, 0.25) is 0 Å². The summed E-state index contributed by atoms with van der Waals surface area (Å²) >= 11 is 0. The Hall–Kier alpha value is -6.70. The highest BCUT2D eigenvalue weighted by Gasteiger charge is 2.66. The zero-order chi connectivity index (χ0) is 47.8. The van der Waals surface area contributed by atoms with Crippen LogP contribution in [-0.4, -0.2) is 5.54 Å². The lowest BCUT2D eigenvalue weighted by atomic mass is 9.44. The predicted octanol–water partition coefficient (Wildman–Crippen LogP) is 17.7. The molecule has 4 unspecified atom stereocenters. The van der Waals surface area contributed by atoms with E-state index in [2.05, 4.69) is 263 Å². The lowest BCUT2D eigenvalue weighted by molar-refractivity contribution is 0.271. The smallest absolute Gasteiger partial charge is 0.0833 e. The predicted molar refractivity (Wildman–Crippen MR) is 293 cm³/mol. The van der Waals surface area contributed by atoms with Crippen molar-refractivity contribution in [1.29, 1.82) is 0 Å². The van der Waals surface area contributed by atoms with Gasteiger partial charge in [0.05, 0.1) is 5.54 Å². The minimum absolute atomic E-state index is 0.110. The molecule has 0 spiro atoms. The summed E-state index contributed by atoms with van der Waals surface area (Å²) in [5, 5.41) is 5.19. The van der Waals surface area contributed by atoms with Crippen molar-refractivity contribution in [3.8, 4) is 22.3 Å². The molecule has 0 radical (unpaired) electrons. The number of hydrogen-bond acceptors (Lipinski definition) is 1. The molecule has 0 amide bonds. The lowest BCUT2D eigenvalue weighted by Crippen LogP contribution is -2.60. The van der Waals surface area contributed by atoms with Gasteiger partial charge in [0.15, 0.2) is 0 Å². The third-order valence-corrected chi connectivity index (χ3v) is 18.6. The van der Waals surface area contributed by atoms with Crippen molar-refractivity contribution in [3.05, 3.63) is 232 Å². The third kappa shape index (κ3) is 5.32. The third-order valence-electron chi connectivity index (χ3n) is 18.6. The first-order valence-corrected chi connectivity index (χ1v) is 25.3. The van der Waals surface area contributed by atoms with Crippen LogP contribution in [0.1, 0.15) is 115 Å². The van der Waals surface area contributed by atoms with Crippen molar-refractivity contribution in [2.45, 2.75) is 109 Å². The summed E-state index contributed by atoms with van der Waals surface area (Å²) in [6.07, 6.45) is 7.97. The molecule has 4 aliphatic carbocycles. The van der Waals surface area contributed by atoms with E-state index in [-0.39, 0.29) is 21.7 Å². The summed E-state index contributed by atoms with van der Waals surface area (Å²) in [6.45, 7) is 27.0. The van der Waals surface area contributed by atoms with Crippen LogP contribution in [-0.2, 0) is 27.1 Å². The molecule has 340 valence electrons. The SMILES string of the molecule is CC(C)(C)c1ccc(-c2ccc(C3(C)C=CC4(C)C5=C3C3(C)C(=CC5(C)c5c(ccc6ccccc56)N4c4ccc5c(c4)-c4cc6ccccc6cc4C5(C)C)c4ccccc4C3(C)C)cc2)cc1. The average Bonchev–Trinajstić information content (AvgIpc) is 3.66. The largest absolute Gasteiger partial charge is 0.328 e. The Labute approximate surface area is 410 Å². The standard InChI is InChI=1S/C68H63N/c1-62(2,3)47-29-24-42(25-30-47)43-26-31-48(32-27-43)65(8)36-37-67(10)60-61(65)68(11)57(51-22-16-17-23-55(51)64(68,6)7)41-66(60,9)59-50-21-15-14-18-44(50)28-35-58(59)69(67)49-33-34-54-53(40-49)52-38-45-19-12-13-20-46(45)39-56(52)63(54,4)5/h12-41H,1-11H3. The quantitative estimate of drug-likeness (QED) is 0.160. The molecule has 0 N–H and O–H groups in total. The highest BCUT2D eigenvalue weighted by atomic mass is 15.2. The van der Waals surface area contributed by atoms with Crippen LogP contribution in [0, 0.1) is 5.41 Å². The molecule has 5 aliphatic rings. The summed E-state index contributed by atoms with van der Waals surface area (Å²) in [6, 6.07) is 63.3. The minimum atomic E-state index is -0.530. The fourth-order valence-corrected chi connectivity index (χ4v) is 14.7. The second kappa shape index (κ2) is 13.5. The van der Waals surface area contributed by atoms with Gasteiger partial charge in [-0.15, -0.1) is 0 Å². The Balaban J connectivity index is 1.10. The number of hydrogen-bond donors (Lipinski definition) is 0. The second-order valence-electron chi connectivity index (χ2n) is 24.0. The average molecular weight is 894 g/mol. The molecule has 0 saturated heterocycles. The van der Waals surface area contributed by atoms with Crippen LogP contribution in [0.5, 0.6) is 0 Å². The second-order valence-corrected chi connectivity index (χ2v) is 24.0. The molecule has 1 aliphatic heterocycles. The maximum absolute atomic E-state index is 2.75. The topological polar surface area (TPSA) is 3.24 Å². The van der Waals surface area contributed by atoms with Gasteiger partial charge < -0.3 is 4.90 Å². The number of rotatable bonds is 3. The maximum atomic E-state index is 2.75. The van der Waals surface area contributed by atoms with Gasteiger partial charge in [0.1, 0.15) is 0 Å². The van der Waals surface area contributed by atoms with Crippen molar-refractivity contribution in [1.82, 2.24) is 0 Å². The van der Waals surface area contributed by atoms with Crippen LogP contribution in [0.15, 0.2) is 193 Å². The van der Waals surface area contributed by atoms with Crippen LogP contribution in [0.4, 0.5) is 11.4 Å². The molecule has 0 bridgehead atoms. The Morgan fingerprint density at radius 3 is 1.80 bits per heavy atom. The van der Waals surface area contributed by atoms with Gasteiger partial charge in [0.25, 0.3) is 0 Å². The summed E-state index contributed by atoms with van der Waals surface area (Å²) in [4.78, 5) is 2.75. The first-order chi connectivity index (χ1) is 32.8. The van der Waals surface area contributed by atoms with Crippen molar-refractivity contribution >= 4 is 38.5 Å². The van der Waals surface area contributed by atoms with Crippen molar-refractivity contribution in [2.75, 3.05) is 4.90 Å². The van der Waals surface area contributed by atoms with Gasteiger partial charge in [0, 0.05) is 38.4 Å². The van der Waals surface area contributed by atoms with Crippen LogP contribution in [0.25, 0.3) is 49.4 Å². The Bertz CT molecular complexity index is 3640. The molecule has 13 rings (SSSR count). The van der Waals surface area contributed by atoms with Crippen LogP contribution < -0.4 is 4.90 Å². The van der Waals surface area contributed by atoms with E-state index in [0.717, 1.165) is 0 Å². The highest BCUT2D eigenvalue weighted by Crippen LogP contribution is 2.74. The number of anilines is 2. The molecule has 1 heteroatoms. The Morgan fingerprint density at radius 1 is 0.464 bits per heavy atom. The highest BCUT2D eigenvalue weighted by molar-refractivity contribution is 6.01. The fourth-order valence-electron chi connectivity index (χ4n) is 14.7. The zero-order valence-electron chi connectivity index (χ0n) is 42.3. The number of benzene rings is 8. The molecule has 0 aromatic heterocycles. The van der Waals surface area contributed by atoms with Crippen molar-refractivity contribution in [3.63, 3.8) is 0 Å². The molecule has 1 heterocycles. The number of allylic oxidation sites excluding steroid dienone is 4. The van der Waals surface area contributed by atoms with Gasteiger partial charge >= 0.3 is 0 Å². The molecular formula is C68H63N. The van der Waals surface area contributed by atoms with E-state index in [1.54, 1.807) is 0 Å². The van der Waals surface area contributed by atoms with E-state index in [0.29, 0.717) is 0 Å². The van der Waals surface area contributed by atoms with Gasteiger partial charge in [-0.2, -0.15) is 0 Å². The van der Waals surface area contributed by atoms with E-state index < -0.39 is 16.4 Å². The Morgan fingerprint density at radius 2 is 1.09 bits per heavy atom. The monoisotopic (exact) mass is 893 g/mol. The normalized spacial score (nSPS) is 25.4. The van der Waals surface area contributed by atoms with Gasteiger partial charge in [-0.05, 0) is 156 Å². The molecule has 8 aromatic rings. The maximum Gasteiger partial charge on any atom is 0.0833 e. The van der Waals surface area contributed by atoms with E-state index in [1.807, 2.05) is 0 Å². The molecule has 0 fully saturated rings. The zero-order valence-corrected chi connectivity index (χ0v) is 42.3. The summed E-state index contributed by atoms with van der Waals surface area (Å²) in [7, 11) is 0. The summed E-state index contributed by atoms with van der Waals surface area (Å²) < 4.78 is 0. The molecule has 8 aromatic carbocycles. The van der Waals surface area contributed by atoms with Crippen LogP contribution in [0.3, 0.4) is 0 Å². The first-order valence-electron chi connectivity index (χ1n) is 25.3. The van der Waals surface area contributed by atoms with Gasteiger partial charge in [-0.1, -0.05) is 207 Å². The minimum Gasteiger partial charge on any atom is -0.328 e. The van der Waals surface area contributed by atoms with E-state index in [9.17, 15) is 0 Å². The van der Waals surface area contributed by atoms with Gasteiger partial charge in [-0.3, -0.25) is 0 Å². The number of nitrogens with zero attached hydrogens (tertiary/aromatic N) is 1. The van der Waals surface area contributed by atoms with E-state index in [4.69, 9.17) is 0 Å². The first kappa shape index (κ1) is 42.4. The molecule has 1 nitrogen and oxygen atoms in total. The fraction of sp³-hybridized carbons (Fsp3) is 0.265. The molecule has 0 saturated carbocycles.